The molecule has 440 valence electrons. The summed E-state index contributed by atoms with van der Waals surface area (Å²) in [7, 11) is 6.31. The van der Waals surface area contributed by atoms with Crippen molar-refractivity contribution >= 4 is 0 Å². The molecular weight excluding hydrogens is 1010 g/mol. The lowest BCUT2D eigenvalue weighted by Crippen LogP contribution is -2.65. The molecule has 11 rings (SSSR count). The fourth-order valence-corrected chi connectivity index (χ4v) is 16.8. The first-order chi connectivity index (χ1) is 36.8. The summed E-state index contributed by atoms with van der Waals surface area (Å²) in [6.07, 6.45) is -9.42. The number of ether oxygens (including phenoxy) is 16. The van der Waals surface area contributed by atoms with Crippen molar-refractivity contribution in [3.8, 4) is 0 Å². The molecule has 31 atom stereocenters. The minimum absolute atomic E-state index is 0.0520. The zero-order valence-electron chi connectivity index (χ0n) is 46.4. The molecule has 22 nitrogen and oxygen atoms in total. The van der Waals surface area contributed by atoms with Gasteiger partial charge in [0.2, 0.25) is 0 Å². The summed E-state index contributed by atoms with van der Waals surface area (Å²) >= 11 is 0. The predicted octanol–water partition coefficient (Wildman–Crippen LogP) is 1.57. The molecule has 10 fully saturated rings. The van der Waals surface area contributed by atoms with Gasteiger partial charge in [0.25, 0.3) is 0 Å². The molecule has 0 unspecified atom stereocenters. The normalized spacial score (nSPS) is 56.3. The largest absolute Gasteiger partial charge is 0.395 e. The Morgan fingerprint density at radius 1 is 0.597 bits per heavy atom. The second kappa shape index (κ2) is 22.1. The Bertz CT molecular complexity index is 2070. The molecule has 0 aromatic heterocycles. The van der Waals surface area contributed by atoms with Crippen LogP contribution in [0, 0.1) is 34.5 Å². The average molecular weight is 1100 g/mol. The van der Waals surface area contributed by atoms with Gasteiger partial charge in [-0.2, -0.15) is 0 Å². The Balaban J connectivity index is 0.677. The first-order valence-electron chi connectivity index (χ1n) is 28.5. The Kier molecular flexibility index (Phi) is 16.6. The number of hydrogen-bond acceptors (Lipinski definition) is 22. The third kappa shape index (κ3) is 9.47. The Morgan fingerprint density at radius 3 is 1.81 bits per heavy atom. The summed E-state index contributed by atoms with van der Waals surface area (Å²) in [4.78, 5) is 0. The monoisotopic (exact) mass is 1100 g/mol. The van der Waals surface area contributed by atoms with Crippen LogP contribution < -0.4 is 0 Å². The van der Waals surface area contributed by atoms with Crippen molar-refractivity contribution in [3.63, 3.8) is 0 Å². The first kappa shape index (κ1) is 57.7. The van der Waals surface area contributed by atoms with Gasteiger partial charge in [-0.1, -0.05) is 18.6 Å². The molecule has 8 aliphatic heterocycles. The molecule has 0 spiro atoms. The Labute approximate surface area is 451 Å². The van der Waals surface area contributed by atoms with Crippen LogP contribution in [0.4, 0.5) is 0 Å². The second-order valence-corrected chi connectivity index (χ2v) is 24.6. The van der Waals surface area contributed by atoms with Crippen LogP contribution in [0.3, 0.4) is 0 Å². The van der Waals surface area contributed by atoms with Crippen LogP contribution in [0.1, 0.15) is 99.3 Å². The molecule has 22 heteroatoms. The van der Waals surface area contributed by atoms with Gasteiger partial charge in [0.15, 0.2) is 36.7 Å². The van der Waals surface area contributed by atoms with Crippen LogP contribution in [0.5, 0.6) is 0 Å². The SMILES string of the molecule is CO[C@@H]1[C@H](O)[C@H](O[C@H]2[C@H](C)O[C@H](O[C@@H]3[C@@H](C)O[C@@H](O[C@@H]4[C@@H](OC)C[C@H]([C@H]5CC[C@@]6(CO)C(=CC[C@@H]7[C@@H]6CC[C@]6(C)[C@@H]8[C@H]9CO[C@]8(C)O[C@@]76O9)C5)O[C@@H]4C)C[C@H]3OC)C[C@H]2OC)O[C@H](C)[C@@H]1O[C@@H]1O[C@@H](CO)[C@H](O)[C@@H](O)[C@H]1O. The van der Waals surface area contributed by atoms with E-state index in [1.165, 1.54) is 12.7 Å². The van der Waals surface area contributed by atoms with Gasteiger partial charge in [0.1, 0.15) is 61.0 Å². The quantitative estimate of drug-likeness (QED) is 0.127. The van der Waals surface area contributed by atoms with Crippen molar-refractivity contribution in [3.05, 3.63) is 11.6 Å². The van der Waals surface area contributed by atoms with Crippen molar-refractivity contribution in [1.82, 2.24) is 0 Å². The maximum absolute atomic E-state index is 11.5. The second-order valence-electron chi connectivity index (χ2n) is 24.6. The minimum atomic E-state index is -1.66. The van der Waals surface area contributed by atoms with E-state index in [0.717, 1.165) is 38.5 Å². The fourth-order valence-electron chi connectivity index (χ4n) is 16.8. The zero-order chi connectivity index (χ0) is 54.7. The highest BCUT2D eigenvalue weighted by molar-refractivity contribution is 5.31. The number of aliphatic hydroxyl groups excluding tert-OH is 6. The molecule has 6 N–H and O–H groups in total. The van der Waals surface area contributed by atoms with Crippen molar-refractivity contribution in [2.45, 2.75) is 252 Å². The Hall–Kier alpha value is -1.14. The van der Waals surface area contributed by atoms with E-state index in [1.54, 1.807) is 28.3 Å². The van der Waals surface area contributed by atoms with Gasteiger partial charge in [0.05, 0.1) is 80.7 Å². The van der Waals surface area contributed by atoms with E-state index in [-0.39, 0.29) is 71.9 Å². The van der Waals surface area contributed by atoms with Crippen LogP contribution in [-0.4, -0.2) is 232 Å². The van der Waals surface area contributed by atoms with Crippen molar-refractivity contribution in [2.75, 3.05) is 48.3 Å². The van der Waals surface area contributed by atoms with E-state index in [4.69, 9.17) is 75.8 Å². The van der Waals surface area contributed by atoms with Crippen molar-refractivity contribution < 1.29 is 106 Å². The summed E-state index contributed by atoms with van der Waals surface area (Å²) in [6, 6.07) is 0. The predicted molar refractivity (Wildman–Crippen MR) is 264 cm³/mol. The van der Waals surface area contributed by atoms with E-state index in [9.17, 15) is 30.6 Å². The molecule has 2 bridgehead atoms. The maximum Gasteiger partial charge on any atom is 0.187 e. The van der Waals surface area contributed by atoms with Gasteiger partial charge >= 0.3 is 0 Å². The average Bonchev–Trinajstić information content (AvgIpc) is 3.40. The molecule has 0 radical (unpaired) electrons. The van der Waals surface area contributed by atoms with Crippen LogP contribution in [0.25, 0.3) is 0 Å². The van der Waals surface area contributed by atoms with Crippen LogP contribution in [0.2, 0.25) is 0 Å². The zero-order valence-corrected chi connectivity index (χ0v) is 46.4. The number of methoxy groups -OCH3 is 4. The van der Waals surface area contributed by atoms with E-state index in [1.807, 2.05) is 20.8 Å². The van der Waals surface area contributed by atoms with E-state index >= 15 is 0 Å². The van der Waals surface area contributed by atoms with E-state index in [2.05, 4.69) is 19.9 Å². The van der Waals surface area contributed by atoms with Gasteiger partial charge in [-0.15, -0.1) is 0 Å². The highest BCUT2D eigenvalue weighted by Gasteiger charge is 2.83. The molecule has 0 aromatic carbocycles. The number of rotatable bonds is 15. The van der Waals surface area contributed by atoms with Gasteiger partial charge in [-0.05, 0) is 85.0 Å². The summed E-state index contributed by atoms with van der Waals surface area (Å²) in [5.41, 5.74) is 0.931. The van der Waals surface area contributed by atoms with Gasteiger partial charge in [0, 0.05) is 64.4 Å². The third-order valence-electron chi connectivity index (χ3n) is 20.7. The standard InChI is InChI=1S/C55H88O22/c1-24-44(33(62-7)18-32(67-24)28-13-16-54(23-57)29(17-28)11-12-31-30(54)14-15-52(5)49-37-22-66-53(49,6)77-55(31,52)76-37)72-38-19-34(63-8)45(25(2)68-38)73-39-20-35(64-9)46(26(3)69-39)74-51-43(61)48(65-10)47(27(4)70-51)75-50-42(60)41(59)40(58)36(21-56)71-50/h11,24-28,30-51,56-61H,12-23H2,1-10H3/t24-,25-,26+,27-,28+,30+,31-,32-,33+,34-,35-,36+,37-,38+,39-,40+,41-,42-,43+,44+,45-,46+,47+,48-,49+,50+,51+,52-,53-,54-,55+/m1/s1. The lowest BCUT2D eigenvalue weighted by atomic mass is 9.47. The number of hydrogen-bond donors (Lipinski definition) is 6. The highest BCUT2D eigenvalue weighted by atomic mass is 16.8. The molecule has 3 aliphatic carbocycles. The highest BCUT2D eigenvalue weighted by Crippen LogP contribution is 2.76. The minimum Gasteiger partial charge on any atom is -0.395 e. The van der Waals surface area contributed by atoms with Gasteiger partial charge in [-0.25, -0.2) is 0 Å². The maximum atomic E-state index is 11.5. The molecule has 8 heterocycles. The number of aliphatic hydroxyl groups is 6. The molecule has 11 aliphatic rings. The molecule has 8 saturated heterocycles. The van der Waals surface area contributed by atoms with Crippen LogP contribution >= 0.6 is 0 Å². The molecule has 77 heavy (non-hydrogen) atoms. The topological polar surface area (TPSA) is 269 Å². The summed E-state index contributed by atoms with van der Waals surface area (Å²) in [5.74, 6) is -0.406. The van der Waals surface area contributed by atoms with Gasteiger partial charge in [-0.3, -0.25) is 0 Å². The number of fused-ring (bicyclic) bond motifs is 3. The lowest BCUT2D eigenvalue weighted by molar-refractivity contribution is -0.374. The third-order valence-corrected chi connectivity index (χ3v) is 20.7. The lowest BCUT2D eigenvalue weighted by Gasteiger charge is -2.60. The van der Waals surface area contributed by atoms with Crippen molar-refractivity contribution in [1.29, 1.82) is 0 Å². The molecule has 2 saturated carbocycles. The van der Waals surface area contributed by atoms with E-state index in [0.29, 0.717) is 19.4 Å². The molecular formula is C55H88O22. The van der Waals surface area contributed by atoms with Gasteiger partial charge < -0.3 is 106 Å². The Morgan fingerprint density at radius 2 is 1.19 bits per heavy atom. The van der Waals surface area contributed by atoms with Crippen LogP contribution in [-0.2, 0) is 75.8 Å². The summed E-state index contributed by atoms with van der Waals surface area (Å²) in [5, 5.41) is 63.8. The van der Waals surface area contributed by atoms with E-state index < -0.39 is 135 Å². The van der Waals surface area contributed by atoms with Crippen LogP contribution in [0.15, 0.2) is 11.6 Å². The fraction of sp³-hybridized carbons (Fsp3) is 0.964. The summed E-state index contributed by atoms with van der Waals surface area (Å²) < 4.78 is 101. The smallest absolute Gasteiger partial charge is 0.187 e. The molecule has 0 aromatic rings. The summed E-state index contributed by atoms with van der Waals surface area (Å²) in [6.45, 7) is 12.0. The molecule has 0 amide bonds. The van der Waals surface area contributed by atoms with Crippen molar-refractivity contribution in [2.24, 2.45) is 34.5 Å². The first-order valence-corrected chi connectivity index (χ1v) is 28.5. The number of allylic oxidation sites excluding steroid dienone is 1.